The van der Waals surface area contributed by atoms with Crippen LogP contribution in [0.2, 0.25) is 5.02 Å². The Bertz CT molecular complexity index is 645. The smallest absolute Gasteiger partial charge is 0.237 e. The topological polar surface area (TPSA) is 66.9 Å². The Kier molecular flexibility index (Phi) is 6.23. The van der Waals surface area contributed by atoms with Gasteiger partial charge in [0.25, 0.3) is 0 Å². The minimum atomic E-state index is -0.282. The molecule has 116 valence electrons. The molecule has 8 heteroatoms. The van der Waals surface area contributed by atoms with Gasteiger partial charge in [-0.3, -0.25) is 4.79 Å². The highest BCUT2D eigenvalue weighted by atomic mass is 35.5. The fourth-order valence-electron chi connectivity index (χ4n) is 1.47. The van der Waals surface area contributed by atoms with Gasteiger partial charge in [-0.25, -0.2) is 0 Å². The Hall–Kier alpha value is -1.57. The predicted octanol–water partition coefficient (Wildman–Crippen LogP) is 3.91. The molecule has 0 bridgehead atoms. The molecule has 0 spiro atoms. The minimum Gasteiger partial charge on any atom is -0.357 e. The lowest BCUT2D eigenvalue weighted by molar-refractivity contribution is -0.115. The zero-order valence-electron chi connectivity index (χ0n) is 11.9. The summed E-state index contributed by atoms with van der Waals surface area (Å²) in [4.78, 5) is 12.1. The highest BCUT2D eigenvalue weighted by Crippen LogP contribution is 2.29. The van der Waals surface area contributed by atoms with Crippen LogP contribution < -0.4 is 10.6 Å². The second-order valence-corrected chi connectivity index (χ2v) is 7.30. The standard InChI is InChI=1S/C14H15ClN4OS2/c1-3-8-16-13-18-19-14(22-13)21-9(2)12(20)17-11-6-4-10(15)5-7-11/h3-7,9H,1,8H2,2H3,(H,16,18)(H,17,20)/t9-/m1/s1. The van der Waals surface area contributed by atoms with E-state index in [1.807, 2.05) is 6.92 Å². The number of aromatic nitrogens is 2. The molecule has 1 atom stereocenters. The summed E-state index contributed by atoms with van der Waals surface area (Å²) in [7, 11) is 0. The van der Waals surface area contributed by atoms with Crippen LogP contribution in [0.1, 0.15) is 6.92 Å². The number of halogens is 1. The summed E-state index contributed by atoms with van der Waals surface area (Å²) in [6, 6.07) is 6.99. The summed E-state index contributed by atoms with van der Waals surface area (Å²) in [6.45, 7) is 6.09. The first-order valence-electron chi connectivity index (χ1n) is 6.50. The van der Waals surface area contributed by atoms with Crippen LogP contribution >= 0.6 is 34.7 Å². The second kappa shape index (κ2) is 8.17. The van der Waals surface area contributed by atoms with Crippen molar-refractivity contribution in [3.05, 3.63) is 41.9 Å². The minimum absolute atomic E-state index is 0.0943. The zero-order valence-corrected chi connectivity index (χ0v) is 14.3. The van der Waals surface area contributed by atoms with E-state index in [0.717, 1.165) is 4.34 Å². The molecule has 0 radical (unpaired) electrons. The Balaban J connectivity index is 1.89. The van der Waals surface area contributed by atoms with Crippen LogP contribution in [0.4, 0.5) is 10.8 Å². The van der Waals surface area contributed by atoms with Gasteiger partial charge in [0, 0.05) is 17.3 Å². The van der Waals surface area contributed by atoms with Crippen molar-refractivity contribution in [2.45, 2.75) is 16.5 Å². The lowest BCUT2D eigenvalue weighted by atomic mass is 10.3. The molecule has 0 unspecified atom stereocenters. The lowest BCUT2D eigenvalue weighted by Gasteiger charge is -2.10. The van der Waals surface area contributed by atoms with Gasteiger partial charge in [-0.2, -0.15) is 0 Å². The molecule has 0 saturated carbocycles. The third-order valence-corrected chi connectivity index (χ3v) is 4.88. The van der Waals surface area contributed by atoms with E-state index in [4.69, 9.17) is 11.6 Å². The maximum atomic E-state index is 12.1. The molecule has 0 saturated heterocycles. The first kappa shape index (κ1) is 16.8. The van der Waals surface area contributed by atoms with Gasteiger partial charge in [0.1, 0.15) is 0 Å². The third kappa shape index (κ3) is 5.01. The molecule has 22 heavy (non-hydrogen) atoms. The van der Waals surface area contributed by atoms with E-state index in [0.29, 0.717) is 22.4 Å². The van der Waals surface area contributed by atoms with Gasteiger partial charge >= 0.3 is 0 Å². The van der Waals surface area contributed by atoms with Gasteiger partial charge < -0.3 is 10.6 Å². The second-order valence-electron chi connectivity index (χ2n) is 4.30. The van der Waals surface area contributed by atoms with Crippen molar-refractivity contribution in [2.24, 2.45) is 0 Å². The summed E-state index contributed by atoms with van der Waals surface area (Å²) in [5.74, 6) is -0.0943. The number of anilines is 2. The molecule has 0 fully saturated rings. The number of nitrogens with one attached hydrogen (secondary N) is 2. The van der Waals surface area contributed by atoms with Crippen LogP contribution in [-0.2, 0) is 4.79 Å². The number of hydrogen-bond acceptors (Lipinski definition) is 6. The number of hydrogen-bond donors (Lipinski definition) is 2. The molecule has 0 aliphatic rings. The van der Waals surface area contributed by atoms with E-state index in [1.165, 1.54) is 23.1 Å². The highest BCUT2D eigenvalue weighted by Gasteiger charge is 2.17. The molecule has 1 amide bonds. The quantitative estimate of drug-likeness (QED) is 0.583. The number of carbonyl (C=O) groups excluding carboxylic acids is 1. The predicted molar refractivity (Wildman–Crippen MR) is 94.0 cm³/mol. The monoisotopic (exact) mass is 354 g/mol. The first-order valence-corrected chi connectivity index (χ1v) is 8.57. The Labute approximate surface area is 142 Å². The number of benzene rings is 1. The lowest BCUT2D eigenvalue weighted by Crippen LogP contribution is -2.22. The number of carbonyl (C=O) groups is 1. The van der Waals surface area contributed by atoms with Gasteiger partial charge in [0.15, 0.2) is 4.34 Å². The van der Waals surface area contributed by atoms with E-state index in [1.54, 1.807) is 30.3 Å². The summed E-state index contributed by atoms with van der Waals surface area (Å²) in [5.41, 5.74) is 0.715. The van der Waals surface area contributed by atoms with Crippen LogP contribution in [0.15, 0.2) is 41.3 Å². The fraction of sp³-hybridized carbons (Fsp3) is 0.214. The summed E-state index contributed by atoms with van der Waals surface area (Å²) >= 11 is 8.59. The van der Waals surface area contributed by atoms with Crippen molar-refractivity contribution < 1.29 is 4.79 Å². The largest absolute Gasteiger partial charge is 0.357 e. The van der Waals surface area contributed by atoms with Gasteiger partial charge in [-0.15, -0.1) is 16.8 Å². The number of thioether (sulfide) groups is 1. The molecule has 0 aliphatic carbocycles. The van der Waals surface area contributed by atoms with Gasteiger partial charge in [0.2, 0.25) is 11.0 Å². The van der Waals surface area contributed by atoms with E-state index in [-0.39, 0.29) is 11.2 Å². The van der Waals surface area contributed by atoms with E-state index in [9.17, 15) is 4.79 Å². The molecule has 0 aliphatic heterocycles. The molecule has 2 aromatic rings. The summed E-state index contributed by atoms with van der Waals surface area (Å²) in [6.07, 6.45) is 1.75. The molecular weight excluding hydrogens is 340 g/mol. The maximum Gasteiger partial charge on any atom is 0.237 e. The molecule has 2 rings (SSSR count). The summed E-state index contributed by atoms with van der Waals surface area (Å²) in [5, 5.41) is 15.0. The zero-order chi connectivity index (χ0) is 15.9. The van der Waals surface area contributed by atoms with E-state index >= 15 is 0 Å². The number of amides is 1. The maximum absolute atomic E-state index is 12.1. The Morgan fingerprint density at radius 3 is 2.86 bits per heavy atom. The SMILES string of the molecule is C=CCNc1nnc(S[C@H](C)C(=O)Nc2ccc(Cl)cc2)s1. The van der Waals surface area contributed by atoms with Gasteiger partial charge in [0.05, 0.1) is 5.25 Å². The summed E-state index contributed by atoms with van der Waals surface area (Å²) < 4.78 is 0.741. The van der Waals surface area contributed by atoms with Crippen LogP contribution in [-0.4, -0.2) is 27.9 Å². The third-order valence-electron chi connectivity index (χ3n) is 2.56. The molecule has 2 N–H and O–H groups in total. The average molecular weight is 355 g/mol. The normalized spacial score (nSPS) is 11.7. The van der Waals surface area contributed by atoms with Crippen molar-refractivity contribution >= 4 is 51.4 Å². The molecule has 5 nitrogen and oxygen atoms in total. The first-order chi connectivity index (χ1) is 10.6. The van der Waals surface area contributed by atoms with Crippen LogP contribution in [0.5, 0.6) is 0 Å². The average Bonchev–Trinajstić information content (AvgIpc) is 2.95. The fourth-order valence-corrected chi connectivity index (χ4v) is 3.50. The highest BCUT2D eigenvalue weighted by molar-refractivity contribution is 8.02. The number of nitrogens with zero attached hydrogens (tertiary/aromatic N) is 2. The molecule has 1 aromatic carbocycles. The number of rotatable bonds is 7. The van der Waals surface area contributed by atoms with E-state index in [2.05, 4.69) is 27.4 Å². The van der Waals surface area contributed by atoms with Crippen molar-refractivity contribution in [2.75, 3.05) is 17.2 Å². The van der Waals surface area contributed by atoms with Crippen molar-refractivity contribution in [1.29, 1.82) is 0 Å². The molecule has 1 heterocycles. The van der Waals surface area contributed by atoms with Crippen LogP contribution in [0.25, 0.3) is 0 Å². The van der Waals surface area contributed by atoms with Gasteiger partial charge in [-0.1, -0.05) is 40.8 Å². The van der Waals surface area contributed by atoms with Crippen molar-refractivity contribution in [1.82, 2.24) is 10.2 Å². The van der Waals surface area contributed by atoms with Crippen LogP contribution in [0.3, 0.4) is 0 Å². The molecular formula is C14H15ClN4OS2. The van der Waals surface area contributed by atoms with Gasteiger partial charge in [-0.05, 0) is 31.2 Å². The van der Waals surface area contributed by atoms with Crippen molar-refractivity contribution in [3.63, 3.8) is 0 Å². The van der Waals surface area contributed by atoms with E-state index < -0.39 is 0 Å². The Morgan fingerprint density at radius 2 is 2.18 bits per heavy atom. The van der Waals surface area contributed by atoms with Crippen LogP contribution in [0, 0.1) is 0 Å². The Morgan fingerprint density at radius 1 is 1.45 bits per heavy atom. The molecule has 1 aromatic heterocycles. The van der Waals surface area contributed by atoms with Crippen molar-refractivity contribution in [3.8, 4) is 0 Å².